The summed E-state index contributed by atoms with van der Waals surface area (Å²) in [6.07, 6.45) is 0. The van der Waals surface area contributed by atoms with E-state index in [-0.39, 0.29) is 0 Å². The zero-order valence-corrected chi connectivity index (χ0v) is 4.94. The van der Waals surface area contributed by atoms with Crippen LogP contribution in [0.1, 0.15) is 0 Å². The van der Waals surface area contributed by atoms with E-state index in [0.717, 1.165) is 6.67 Å². The number of hydrogen-bond donors (Lipinski definition) is 2. The molecule has 0 heterocycles. The van der Waals surface area contributed by atoms with Crippen molar-refractivity contribution >= 4 is 0 Å². The topological polar surface area (TPSA) is 41.3 Å². The number of nitrogens with two attached hydrogens (primary N) is 1. The molecule has 0 aromatic carbocycles. The average Bonchev–Trinajstić information content (AvgIpc) is 1.68. The highest BCUT2D eigenvalue weighted by Gasteiger charge is 1.85. The molecule has 44 valence electrons. The molecule has 0 saturated carbocycles. The first-order chi connectivity index (χ1) is 3.31. The Bertz CT molecular complexity index is 37.9. The summed E-state index contributed by atoms with van der Waals surface area (Å²) in [5, 5.41) is 2.96. The summed E-state index contributed by atoms with van der Waals surface area (Å²) in [6, 6.07) is 0. The van der Waals surface area contributed by atoms with Crippen molar-refractivity contribution in [3.05, 3.63) is 0 Å². The third kappa shape index (κ3) is 3.72. The lowest BCUT2D eigenvalue weighted by molar-refractivity contribution is 0.327. The highest BCUT2D eigenvalue weighted by Crippen LogP contribution is 1.66. The summed E-state index contributed by atoms with van der Waals surface area (Å²) in [4.78, 5) is 1.97. The summed E-state index contributed by atoms with van der Waals surface area (Å²) >= 11 is 0. The van der Waals surface area contributed by atoms with Crippen LogP contribution in [-0.2, 0) is 0 Å². The van der Waals surface area contributed by atoms with E-state index in [1.165, 1.54) is 0 Å². The van der Waals surface area contributed by atoms with E-state index in [2.05, 4.69) is 5.32 Å². The normalized spacial score (nSPS) is 10.3. The van der Waals surface area contributed by atoms with Crippen molar-refractivity contribution in [1.29, 1.82) is 0 Å². The molecule has 0 fully saturated rings. The van der Waals surface area contributed by atoms with Gasteiger partial charge in [-0.15, -0.1) is 0 Å². The first-order valence-electron chi connectivity index (χ1n) is 2.34. The minimum Gasteiger partial charge on any atom is -0.318 e. The average molecular weight is 103 g/mol. The van der Waals surface area contributed by atoms with Gasteiger partial charge in [0.05, 0.1) is 0 Å². The van der Waals surface area contributed by atoms with Crippen molar-refractivity contribution < 1.29 is 0 Å². The Morgan fingerprint density at radius 2 is 2.29 bits per heavy atom. The lowest BCUT2D eigenvalue weighted by Crippen LogP contribution is -2.33. The molecule has 3 nitrogen and oxygen atoms in total. The Morgan fingerprint density at radius 1 is 1.71 bits per heavy atom. The third-order valence-corrected chi connectivity index (χ3v) is 0.740. The van der Waals surface area contributed by atoms with Crippen LogP contribution in [0.5, 0.6) is 0 Å². The summed E-state index contributed by atoms with van der Waals surface area (Å²) in [7, 11) is 3.85. The summed E-state index contributed by atoms with van der Waals surface area (Å²) < 4.78 is 0. The molecular formula is C4H13N3. The van der Waals surface area contributed by atoms with E-state index in [1.807, 2.05) is 19.0 Å². The van der Waals surface area contributed by atoms with Crippen LogP contribution in [0.3, 0.4) is 0 Å². The molecule has 0 aliphatic heterocycles. The standard InChI is InChI=1S/C4H13N3/c1-6-4-7(2)3-5/h6H,3-5H2,1-2H3. The van der Waals surface area contributed by atoms with Gasteiger partial charge in [0, 0.05) is 13.3 Å². The number of nitrogens with zero attached hydrogens (tertiary/aromatic N) is 1. The van der Waals surface area contributed by atoms with Crippen LogP contribution in [0, 0.1) is 0 Å². The van der Waals surface area contributed by atoms with Crippen molar-refractivity contribution in [1.82, 2.24) is 10.2 Å². The van der Waals surface area contributed by atoms with E-state index in [4.69, 9.17) is 5.73 Å². The molecule has 3 heteroatoms. The van der Waals surface area contributed by atoms with Gasteiger partial charge in [-0.3, -0.25) is 4.90 Å². The van der Waals surface area contributed by atoms with Crippen molar-refractivity contribution in [2.45, 2.75) is 0 Å². The van der Waals surface area contributed by atoms with Gasteiger partial charge in [-0.25, -0.2) is 0 Å². The molecule has 7 heavy (non-hydrogen) atoms. The molecule has 0 amide bonds. The van der Waals surface area contributed by atoms with Crippen LogP contribution < -0.4 is 11.1 Å². The van der Waals surface area contributed by atoms with Gasteiger partial charge in [-0.05, 0) is 14.1 Å². The van der Waals surface area contributed by atoms with Crippen molar-refractivity contribution in [2.24, 2.45) is 5.73 Å². The van der Waals surface area contributed by atoms with Gasteiger partial charge in [0.15, 0.2) is 0 Å². The lowest BCUT2D eigenvalue weighted by atomic mass is 10.8. The Hall–Kier alpha value is -0.120. The molecule has 0 aromatic heterocycles. The fourth-order valence-electron chi connectivity index (χ4n) is 0.334. The highest BCUT2D eigenvalue weighted by atomic mass is 15.2. The van der Waals surface area contributed by atoms with Gasteiger partial charge in [0.2, 0.25) is 0 Å². The third-order valence-electron chi connectivity index (χ3n) is 0.740. The van der Waals surface area contributed by atoms with Crippen molar-refractivity contribution in [3.8, 4) is 0 Å². The number of hydrogen-bond acceptors (Lipinski definition) is 3. The fraction of sp³-hybridized carbons (Fsp3) is 1.00. The largest absolute Gasteiger partial charge is 0.318 e. The van der Waals surface area contributed by atoms with Crippen molar-refractivity contribution in [2.75, 3.05) is 27.4 Å². The van der Waals surface area contributed by atoms with E-state index in [0.29, 0.717) is 6.67 Å². The van der Waals surface area contributed by atoms with Gasteiger partial charge in [0.25, 0.3) is 0 Å². The Morgan fingerprint density at radius 3 is 2.43 bits per heavy atom. The van der Waals surface area contributed by atoms with Gasteiger partial charge in [-0.1, -0.05) is 0 Å². The molecule has 0 aromatic rings. The molecular weight excluding hydrogens is 90.1 g/mol. The van der Waals surface area contributed by atoms with Crippen LogP contribution in [0.2, 0.25) is 0 Å². The van der Waals surface area contributed by atoms with E-state index < -0.39 is 0 Å². The van der Waals surface area contributed by atoms with E-state index in [1.54, 1.807) is 0 Å². The quantitative estimate of drug-likeness (QED) is 0.451. The minimum atomic E-state index is 0.612. The lowest BCUT2D eigenvalue weighted by Gasteiger charge is -2.10. The zero-order valence-electron chi connectivity index (χ0n) is 4.94. The molecule has 0 unspecified atom stereocenters. The van der Waals surface area contributed by atoms with Crippen LogP contribution >= 0.6 is 0 Å². The van der Waals surface area contributed by atoms with Crippen molar-refractivity contribution in [3.63, 3.8) is 0 Å². The maximum Gasteiger partial charge on any atom is 0.0486 e. The molecule has 0 bridgehead atoms. The second-order valence-corrected chi connectivity index (χ2v) is 1.55. The smallest absolute Gasteiger partial charge is 0.0486 e. The second-order valence-electron chi connectivity index (χ2n) is 1.55. The Labute approximate surface area is 44.5 Å². The van der Waals surface area contributed by atoms with Gasteiger partial charge >= 0.3 is 0 Å². The van der Waals surface area contributed by atoms with Gasteiger partial charge in [-0.2, -0.15) is 0 Å². The van der Waals surface area contributed by atoms with Crippen LogP contribution in [-0.4, -0.2) is 32.3 Å². The Balaban J connectivity index is 2.83. The Kier molecular flexibility index (Phi) is 3.98. The number of nitrogens with one attached hydrogen (secondary N) is 1. The minimum absolute atomic E-state index is 0.612. The fourth-order valence-corrected chi connectivity index (χ4v) is 0.334. The molecule has 0 rings (SSSR count). The van der Waals surface area contributed by atoms with Crippen LogP contribution in [0.4, 0.5) is 0 Å². The highest BCUT2D eigenvalue weighted by molar-refractivity contribution is 4.37. The van der Waals surface area contributed by atoms with E-state index in [9.17, 15) is 0 Å². The summed E-state index contributed by atoms with van der Waals surface area (Å²) in [5.74, 6) is 0. The first-order valence-corrected chi connectivity index (χ1v) is 2.34. The zero-order chi connectivity index (χ0) is 5.70. The predicted octanol–water partition coefficient (Wildman–Crippen LogP) is -0.989. The van der Waals surface area contributed by atoms with Gasteiger partial charge < -0.3 is 11.1 Å². The maximum absolute atomic E-state index is 5.24. The maximum atomic E-state index is 5.24. The molecule has 0 aliphatic rings. The molecule has 0 spiro atoms. The first kappa shape index (κ1) is 6.88. The van der Waals surface area contributed by atoms with Crippen LogP contribution in [0.25, 0.3) is 0 Å². The molecule has 3 N–H and O–H groups in total. The molecule has 0 aliphatic carbocycles. The molecule has 0 radical (unpaired) electrons. The van der Waals surface area contributed by atoms with E-state index >= 15 is 0 Å². The number of rotatable bonds is 3. The summed E-state index contributed by atoms with van der Waals surface area (Å²) in [5.41, 5.74) is 5.24. The summed E-state index contributed by atoms with van der Waals surface area (Å²) in [6.45, 7) is 1.47. The molecule has 0 saturated heterocycles. The SMILES string of the molecule is CNCN(C)CN. The monoisotopic (exact) mass is 103 g/mol. The second kappa shape index (κ2) is 4.05. The molecule has 0 atom stereocenters. The van der Waals surface area contributed by atoms with Gasteiger partial charge in [0.1, 0.15) is 0 Å². The predicted molar refractivity (Wildman–Crippen MR) is 30.7 cm³/mol. The van der Waals surface area contributed by atoms with Crippen LogP contribution in [0.15, 0.2) is 0 Å².